The van der Waals surface area contributed by atoms with E-state index in [1.54, 1.807) is 12.1 Å². The smallest absolute Gasteiger partial charge is 0.308 e. The molecule has 0 aromatic heterocycles. The van der Waals surface area contributed by atoms with Crippen LogP contribution in [0.5, 0.6) is 0 Å². The van der Waals surface area contributed by atoms with Crippen molar-refractivity contribution in [2.75, 3.05) is 26.7 Å². The molecule has 0 saturated carbocycles. The first kappa shape index (κ1) is 20.2. The second kappa shape index (κ2) is 8.98. The summed E-state index contributed by atoms with van der Waals surface area (Å²) in [4.78, 5) is 38.8. The van der Waals surface area contributed by atoms with Gasteiger partial charge >= 0.3 is 5.97 Å². The number of rotatable bonds is 6. The van der Waals surface area contributed by atoms with Gasteiger partial charge in [0.1, 0.15) is 0 Å². The molecule has 26 heavy (non-hydrogen) atoms. The molecule has 1 saturated heterocycles. The van der Waals surface area contributed by atoms with Crippen LogP contribution in [0.25, 0.3) is 0 Å². The molecule has 1 atom stereocenters. The molecule has 1 N–H and O–H groups in total. The van der Waals surface area contributed by atoms with E-state index >= 15 is 0 Å². The molecule has 2 amide bonds. The number of aliphatic carboxylic acids is 1. The Hall–Kier alpha value is -2.16. The predicted molar refractivity (Wildman–Crippen MR) is 92.2 cm³/mol. The number of carbonyl (C=O) groups excluding carboxylic acids is 2. The Morgan fingerprint density at radius 2 is 2.04 bits per heavy atom. The van der Waals surface area contributed by atoms with Crippen LogP contribution >= 0.6 is 11.8 Å². The molecule has 1 aliphatic rings. The number of carbonyl (C=O) groups is 3. The fraction of sp³-hybridized carbons (Fsp3) is 0.471. The zero-order chi connectivity index (χ0) is 19.3. The van der Waals surface area contributed by atoms with E-state index in [0.717, 1.165) is 4.90 Å². The molecule has 142 valence electrons. The predicted octanol–water partition coefficient (Wildman–Crippen LogP) is 2.40. The van der Waals surface area contributed by atoms with Crippen LogP contribution in [0.3, 0.4) is 0 Å². The monoisotopic (exact) mass is 386 g/mol. The standard InChI is InChI=1S/C17H20F2N2O4S/c1-20(10-14(22)21-8-4-5-11(9-21)16(24)25)15(23)12-6-2-3-7-13(12)26-17(18)19/h2-3,6-7,11,17H,4-5,8-10H2,1H3,(H,24,25). The summed E-state index contributed by atoms with van der Waals surface area (Å²) in [5.74, 6) is -5.08. The lowest BCUT2D eigenvalue weighted by atomic mass is 9.98. The Morgan fingerprint density at radius 3 is 2.69 bits per heavy atom. The van der Waals surface area contributed by atoms with E-state index in [1.165, 1.54) is 24.1 Å². The lowest BCUT2D eigenvalue weighted by Crippen LogP contribution is -2.47. The highest BCUT2D eigenvalue weighted by Gasteiger charge is 2.29. The largest absolute Gasteiger partial charge is 0.481 e. The molecule has 1 aromatic rings. The molecule has 0 aliphatic carbocycles. The van der Waals surface area contributed by atoms with Crippen molar-refractivity contribution in [2.45, 2.75) is 23.5 Å². The van der Waals surface area contributed by atoms with Crippen LogP contribution in [-0.2, 0) is 9.59 Å². The fourth-order valence-electron chi connectivity index (χ4n) is 2.83. The molecular weight excluding hydrogens is 366 g/mol. The molecule has 1 fully saturated rings. The number of amides is 2. The summed E-state index contributed by atoms with van der Waals surface area (Å²) in [6.07, 6.45) is 1.11. The number of carboxylic acids is 1. The maximum absolute atomic E-state index is 12.6. The van der Waals surface area contributed by atoms with Crippen molar-refractivity contribution in [1.29, 1.82) is 0 Å². The third-order valence-corrected chi connectivity index (χ3v) is 4.96. The van der Waals surface area contributed by atoms with Gasteiger partial charge in [-0.2, -0.15) is 8.78 Å². The molecule has 9 heteroatoms. The number of hydrogen-bond donors (Lipinski definition) is 1. The Kier molecular flexibility index (Phi) is 6.96. The quantitative estimate of drug-likeness (QED) is 0.760. The Balaban J connectivity index is 2.03. The second-order valence-corrected chi connectivity index (χ2v) is 7.08. The van der Waals surface area contributed by atoms with E-state index in [-0.39, 0.29) is 41.2 Å². The summed E-state index contributed by atoms with van der Waals surface area (Å²) in [7, 11) is 1.42. The van der Waals surface area contributed by atoms with Gasteiger partial charge in [0.15, 0.2) is 0 Å². The molecule has 2 rings (SSSR count). The second-order valence-electron chi connectivity index (χ2n) is 6.05. The van der Waals surface area contributed by atoms with E-state index in [0.29, 0.717) is 19.4 Å². The van der Waals surface area contributed by atoms with E-state index < -0.39 is 23.6 Å². The highest BCUT2D eigenvalue weighted by atomic mass is 32.2. The number of halogens is 2. The van der Waals surface area contributed by atoms with Crippen molar-refractivity contribution < 1.29 is 28.3 Å². The van der Waals surface area contributed by atoms with E-state index in [1.807, 2.05) is 0 Å². The topological polar surface area (TPSA) is 77.9 Å². The average Bonchev–Trinajstić information content (AvgIpc) is 2.61. The van der Waals surface area contributed by atoms with Crippen molar-refractivity contribution in [1.82, 2.24) is 9.80 Å². The lowest BCUT2D eigenvalue weighted by Gasteiger charge is -2.32. The number of carboxylic acid groups (broad SMARTS) is 1. The number of nitrogens with zero attached hydrogens (tertiary/aromatic N) is 2. The Bertz CT molecular complexity index is 686. The summed E-state index contributed by atoms with van der Waals surface area (Å²) in [5, 5.41) is 9.09. The molecular formula is C17H20F2N2O4S. The van der Waals surface area contributed by atoms with Crippen molar-refractivity contribution in [2.24, 2.45) is 5.92 Å². The lowest BCUT2D eigenvalue weighted by molar-refractivity contribution is -0.145. The minimum atomic E-state index is -2.66. The van der Waals surface area contributed by atoms with Gasteiger partial charge < -0.3 is 14.9 Å². The first-order valence-corrected chi connectivity index (χ1v) is 8.97. The summed E-state index contributed by atoms with van der Waals surface area (Å²) in [6.45, 7) is 0.329. The van der Waals surface area contributed by atoms with Gasteiger partial charge in [-0.25, -0.2) is 0 Å². The Morgan fingerprint density at radius 1 is 1.35 bits per heavy atom. The van der Waals surface area contributed by atoms with Crippen LogP contribution < -0.4 is 0 Å². The van der Waals surface area contributed by atoms with Crippen LogP contribution in [0, 0.1) is 5.92 Å². The molecule has 0 radical (unpaired) electrons. The van der Waals surface area contributed by atoms with Crippen LogP contribution in [0.4, 0.5) is 8.78 Å². The fourth-order valence-corrected chi connectivity index (χ4v) is 3.46. The highest BCUT2D eigenvalue weighted by molar-refractivity contribution is 7.99. The van der Waals surface area contributed by atoms with Crippen molar-refractivity contribution in [3.63, 3.8) is 0 Å². The van der Waals surface area contributed by atoms with E-state index in [9.17, 15) is 23.2 Å². The molecule has 1 aliphatic heterocycles. The van der Waals surface area contributed by atoms with Gasteiger partial charge in [0, 0.05) is 25.0 Å². The number of likely N-dealkylation sites (N-methyl/N-ethyl adjacent to an activating group) is 1. The SMILES string of the molecule is CN(CC(=O)N1CCCC(C(=O)O)C1)C(=O)c1ccccc1SC(F)F. The Labute approximate surface area is 154 Å². The van der Waals surface area contributed by atoms with Gasteiger partial charge in [0.2, 0.25) is 5.91 Å². The first-order valence-electron chi connectivity index (χ1n) is 8.09. The van der Waals surface area contributed by atoms with Gasteiger partial charge in [-0.15, -0.1) is 0 Å². The summed E-state index contributed by atoms with van der Waals surface area (Å²) in [5.41, 5.74) is 0.107. The van der Waals surface area contributed by atoms with Gasteiger partial charge in [-0.3, -0.25) is 14.4 Å². The van der Waals surface area contributed by atoms with Crippen molar-refractivity contribution in [3.8, 4) is 0 Å². The molecule has 0 bridgehead atoms. The minimum absolute atomic E-state index is 0.107. The van der Waals surface area contributed by atoms with E-state index in [2.05, 4.69) is 0 Å². The van der Waals surface area contributed by atoms with Crippen LogP contribution in [0.2, 0.25) is 0 Å². The third kappa shape index (κ3) is 5.17. The maximum atomic E-state index is 12.6. The van der Waals surface area contributed by atoms with Gasteiger partial charge in [-0.1, -0.05) is 23.9 Å². The minimum Gasteiger partial charge on any atom is -0.481 e. The summed E-state index contributed by atoms with van der Waals surface area (Å²) < 4.78 is 25.3. The zero-order valence-electron chi connectivity index (χ0n) is 14.2. The van der Waals surface area contributed by atoms with Crippen molar-refractivity contribution >= 4 is 29.5 Å². The average molecular weight is 386 g/mol. The number of piperidine rings is 1. The molecule has 1 unspecified atom stereocenters. The van der Waals surface area contributed by atoms with Crippen molar-refractivity contribution in [3.05, 3.63) is 29.8 Å². The highest BCUT2D eigenvalue weighted by Crippen LogP contribution is 2.29. The first-order chi connectivity index (χ1) is 12.3. The third-order valence-electron chi connectivity index (χ3n) is 4.18. The number of alkyl halides is 2. The molecule has 6 nitrogen and oxygen atoms in total. The summed E-state index contributed by atoms with van der Waals surface area (Å²) in [6, 6.07) is 6.00. The van der Waals surface area contributed by atoms with Gasteiger partial charge in [0.05, 0.1) is 18.0 Å². The summed E-state index contributed by atoms with van der Waals surface area (Å²) >= 11 is 0.280. The molecule has 1 aromatic carbocycles. The number of hydrogen-bond acceptors (Lipinski definition) is 4. The number of thioether (sulfide) groups is 1. The molecule has 1 heterocycles. The molecule has 0 spiro atoms. The van der Waals surface area contributed by atoms with E-state index in [4.69, 9.17) is 5.11 Å². The maximum Gasteiger partial charge on any atom is 0.308 e. The van der Waals surface area contributed by atoms with Crippen LogP contribution in [-0.4, -0.2) is 65.1 Å². The van der Waals surface area contributed by atoms with Crippen LogP contribution in [0.15, 0.2) is 29.2 Å². The zero-order valence-corrected chi connectivity index (χ0v) is 15.0. The van der Waals surface area contributed by atoms with Crippen LogP contribution in [0.1, 0.15) is 23.2 Å². The number of benzene rings is 1. The number of likely N-dealkylation sites (tertiary alicyclic amines) is 1. The van der Waals surface area contributed by atoms with Gasteiger partial charge in [0.25, 0.3) is 11.7 Å². The normalized spacial score (nSPS) is 17.2. The van der Waals surface area contributed by atoms with Gasteiger partial charge in [-0.05, 0) is 25.0 Å².